The molecule has 0 spiro atoms. The molecule has 1 atom stereocenters. The maximum atomic E-state index is 11.8. The van der Waals surface area contributed by atoms with Gasteiger partial charge < -0.3 is 14.6 Å². The lowest BCUT2D eigenvalue weighted by atomic mass is 10.1. The van der Waals surface area contributed by atoms with Crippen LogP contribution in [0.15, 0.2) is 51.8 Å². The van der Waals surface area contributed by atoms with Crippen LogP contribution in [0.1, 0.15) is 35.7 Å². The molecule has 1 N–H and O–H groups in total. The van der Waals surface area contributed by atoms with E-state index in [-0.39, 0.29) is 0 Å². The molecule has 0 unspecified atom stereocenters. The Morgan fingerprint density at radius 2 is 1.89 bits per heavy atom. The highest BCUT2D eigenvalue weighted by Gasteiger charge is 2.20. The molecule has 2 aromatic carbocycles. The molecule has 0 saturated heterocycles. The number of carbonyl (C=O) groups is 2. The molecule has 0 aliphatic carbocycles. The van der Waals surface area contributed by atoms with Crippen molar-refractivity contribution >= 4 is 39.6 Å². The van der Waals surface area contributed by atoms with E-state index >= 15 is 0 Å². The van der Waals surface area contributed by atoms with Crippen LogP contribution in [-0.4, -0.2) is 36.0 Å². The van der Waals surface area contributed by atoms with Crippen molar-refractivity contribution in [2.75, 3.05) is 13.7 Å². The molecule has 0 aromatic heterocycles. The first kappa shape index (κ1) is 22.3. The maximum Gasteiger partial charge on any atom is 0.338 e. The largest absolute Gasteiger partial charge is 0.497 e. The summed E-state index contributed by atoms with van der Waals surface area (Å²) in [6, 6.07) is 12.9. The molecule has 0 saturated carbocycles. The van der Waals surface area contributed by atoms with Crippen molar-refractivity contribution in [1.29, 1.82) is 0 Å². The first-order valence-corrected chi connectivity index (χ1v) is 10.6. The maximum absolute atomic E-state index is 11.8. The van der Waals surface area contributed by atoms with Gasteiger partial charge in [-0.25, -0.2) is 4.79 Å². The van der Waals surface area contributed by atoms with Gasteiger partial charge in [0.05, 0.1) is 19.3 Å². The van der Waals surface area contributed by atoms with Crippen LogP contribution in [0.5, 0.6) is 5.75 Å². The fourth-order valence-electron chi connectivity index (χ4n) is 2.61. The van der Waals surface area contributed by atoms with Gasteiger partial charge in [-0.05, 0) is 78.0 Å². The lowest BCUT2D eigenvalue weighted by molar-refractivity contribution is -0.136. The Morgan fingerprint density at radius 3 is 2.46 bits per heavy atom. The Morgan fingerprint density at radius 1 is 1.18 bits per heavy atom. The highest BCUT2D eigenvalue weighted by atomic mass is 79.9. The predicted molar refractivity (Wildman–Crippen MR) is 113 cm³/mol. The number of esters is 1. The average molecular weight is 467 g/mol. The minimum absolute atomic E-state index is 0.308. The van der Waals surface area contributed by atoms with Gasteiger partial charge in [0.25, 0.3) is 0 Å². The zero-order chi connectivity index (χ0) is 20.5. The van der Waals surface area contributed by atoms with E-state index in [2.05, 4.69) is 15.9 Å². The topological polar surface area (TPSA) is 72.8 Å². The molecule has 150 valence electrons. The van der Waals surface area contributed by atoms with Crippen LogP contribution in [0.3, 0.4) is 0 Å². The van der Waals surface area contributed by atoms with Gasteiger partial charge in [-0.15, -0.1) is 11.8 Å². The van der Waals surface area contributed by atoms with Crippen LogP contribution in [0.2, 0.25) is 0 Å². The van der Waals surface area contributed by atoms with Gasteiger partial charge in [-0.1, -0.05) is 12.1 Å². The van der Waals surface area contributed by atoms with Crippen LogP contribution in [-0.2, 0) is 16.0 Å². The third-order valence-corrected chi connectivity index (χ3v) is 6.33. The summed E-state index contributed by atoms with van der Waals surface area (Å²) in [5, 5.41) is 9.01. The van der Waals surface area contributed by atoms with Gasteiger partial charge >= 0.3 is 11.9 Å². The summed E-state index contributed by atoms with van der Waals surface area (Å²) in [4.78, 5) is 24.3. The number of carboxylic acid groups (broad SMARTS) is 1. The number of carboxylic acids is 1. The van der Waals surface area contributed by atoms with Gasteiger partial charge in [0.2, 0.25) is 0 Å². The fourth-order valence-corrected chi connectivity index (χ4v) is 4.28. The Kier molecular flexibility index (Phi) is 8.86. The second-order valence-corrected chi connectivity index (χ2v) is 8.15. The summed E-state index contributed by atoms with van der Waals surface area (Å²) in [5.74, 6) is -0.436. The second kappa shape index (κ2) is 11.1. The Bertz CT molecular complexity index is 807. The first-order valence-electron chi connectivity index (χ1n) is 8.93. The lowest BCUT2D eigenvalue weighted by Gasteiger charge is -2.14. The van der Waals surface area contributed by atoms with Crippen LogP contribution in [0, 0.1) is 0 Å². The standard InChI is InChI=1S/C21H23BrO5S/c1-3-27-21(25)15-9-12-18(17(22)13-15)28-19(20(23)24)6-4-5-14-7-10-16(26-2)11-8-14/h7-13,19H,3-6H2,1-2H3,(H,23,24)/t19-/m0/s1. The molecule has 2 aromatic rings. The minimum Gasteiger partial charge on any atom is -0.497 e. The number of halogens is 1. The van der Waals surface area contributed by atoms with E-state index in [4.69, 9.17) is 9.47 Å². The lowest BCUT2D eigenvalue weighted by Crippen LogP contribution is -2.16. The highest BCUT2D eigenvalue weighted by Crippen LogP contribution is 2.33. The number of aliphatic carboxylic acids is 1. The summed E-state index contributed by atoms with van der Waals surface area (Å²) < 4.78 is 10.8. The van der Waals surface area contributed by atoms with E-state index in [1.165, 1.54) is 11.8 Å². The third kappa shape index (κ3) is 6.56. The van der Waals surface area contributed by atoms with Crippen LogP contribution in [0.4, 0.5) is 0 Å². The summed E-state index contributed by atoms with van der Waals surface area (Å²) >= 11 is 4.71. The molecular weight excluding hydrogens is 444 g/mol. The normalized spacial score (nSPS) is 11.7. The van der Waals surface area contributed by atoms with Gasteiger partial charge in [-0.2, -0.15) is 0 Å². The zero-order valence-corrected chi connectivity index (χ0v) is 18.2. The van der Waals surface area contributed by atoms with E-state index in [0.29, 0.717) is 23.1 Å². The van der Waals surface area contributed by atoms with Gasteiger partial charge in [0.15, 0.2) is 0 Å². The second-order valence-electron chi connectivity index (χ2n) is 6.05. The number of methoxy groups -OCH3 is 1. The third-order valence-electron chi connectivity index (χ3n) is 4.08. The Balaban J connectivity index is 1.96. The summed E-state index contributed by atoms with van der Waals surface area (Å²) in [7, 11) is 1.63. The minimum atomic E-state index is -0.846. The predicted octanol–water partition coefficient (Wildman–Crippen LogP) is 5.20. The monoisotopic (exact) mass is 466 g/mol. The molecular formula is C21H23BrO5S. The van der Waals surface area contributed by atoms with Crippen LogP contribution < -0.4 is 4.74 Å². The number of hydrogen-bond acceptors (Lipinski definition) is 5. The van der Waals surface area contributed by atoms with E-state index in [1.54, 1.807) is 32.2 Å². The van der Waals surface area contributed by atoms with Crippen molar-refractivity contribution in [2.24, 2.45) is 0 Å². The number of thioether (sulfide) groups is 1. The number of carbonyl (C=O) groups excluding carboxylic acids is 1. The molecule has 0 amide bonds. The summed E-state index contributed by atoms with van der Waals surface area (Å²) in [6.07, 6.45) is 2.10. The van der Waals surface area contributed by atoms with Gasteiger partial charge in [0.1, 0.15) is 11.0 Å². The molecule has 2 rings (SSSR count). The first-order chi connectivity index (χ1) is 13.4. The van der Waals surface area contributed by atoms with Crippen LogP contribution >= 0.6 is 27.7 Å². The summed E-state index contributed by atoms with van der Waals surface area (Å²) in [5.41, 5.74) is 1.58. The zero-order valence-electron chi connectivity index (χ0n) is 15.8. The molecule has 0 bridgehead atoms. The number of hydrogen-bond donors (Lipinski definition) is 1. The molecule has 0 aliphatic rings. The molecule has 5 nitrogen and oxygen atoms in total. The van der Waals surface area contributed by atoms with Crippen molar-refractivity contribution in [3.63, 3.8) is 0 Å². The molecule has 0 fully saturated rings. The quantitative estimate of drug-likeness (QED) is 0.383. The van der Waals surface area contributed by atoms with Crippen molar-refractivity contribution in [2.45, 2.75) is 36.3 Å². The van der Waals surface area contributed by atoms with E-state index in [9.17, 15) is 14.7 Å². The Labute approximate surface area is 177 Å². The number of aryl methyl sites for hydroxylation is 1. The Hall–Kier alpha value is -1.99. The van der Waals surface area contributed by atoms with Crippen LogP contribution in [0.25, 0.3) is 0 Å². The molecule has 0 heterocycles. The summed E-state index contributed by atoms with van der Waals surface area (Å²) in [6.45, 7) is 2.06. The molecule has 0 radical (unpaired) electrons. The average Bonchev–Trinajstić information content (AvgIpc) is 2.69. The van der Waals surface area contributed by atoms with E-state index in [0.717, 1.165) is 29.1 Å². The van der Waals surface area contributed by atoms with Crippen molar-refractivity contribution in [3.8, 4) is 5.75 Å². The van der Waals surface area contributed by atoms with Gasteiger partial charge in [-0.3, -0.25) is 4.79 Å². The SMILES string of the molecule is CCOC(=O)c1ccc(S[C@@H](CCCc2ccc(OC)cc2)C(=O)O)c(Br)c1. The fraction of sp³-hybridized carbons (Fsp3) is 0.333. The van der Waals surface area contributed by atoms with E-state index < -0.39 is 17.2 Å². The van der Waals surface area contributed by atoms with E-state index in [1.807, 2.05) is 24.3 Å². The molecule has 7 heteroatoms. The number of ether oxygens (including phenoxy) is 2. The van der Waals surface area contributed by atoms with Crippen molar-refractivity contribution in [1.82, 2.24) is 0 Å². The number of rotatable bonds is 10. The van der Waals surface area contributed by atoms with Gasteiger partial charge in [0, 0.05) is 9.37 Å². The molecule has 0 aliphatic heterocycles. The smallest absolute Gasteiger partial charge is 0.338 e. The van der Waals surface area contributed by atoms with Crippen molar-refractivity contribution in [3.05, 3.63) is 58.1 Å². The molecule has 28 heavy (non-hydrogen) atoms. The number of benzene rings is 2. The highest BCUT2D eigenvalue weighted by molar-refractivity contribution is 9.10. The van der Waals surface area contributed by atoms with Crippen molar-refractivity contribution < 1.29 is 24.2 Å².